The number of halogens is 4. The summed E-state index contributed by atoms with van der Waals surface area (Å²) < 4.78 is 38.1. The molecule has 0 bridgehead atoms. The van der Waals surface area contributed by atoms with Gasteiger partial charge in [-0.15, -0.1) is 0 Å². The Labute approximate surface area is 167 Å². The highest BCUT2D eigenvalue weighted by molar-refractivity contribution is 6.31. The van der Waals surface area contributed by atoms with Crippen molar-refractivity contribution in [2.24, 2.45) is 0 Å². The fourth-order valence-electron chi connectivity index (χ4n) is 2.48. The molecular formula is C18H13ClF3N5O2. The van der Waals surface area contributed by atoms with Gasteiger partial charge in [-0.05, 0) is 48.9 Å². The molecule has 0 saturated carbocycles. The number of benzene rings is 2. The van der Waals surface area contributed by atoms with Crippen LogP contribution in [-0.2, 0) is 6.18 Å². The molecule has 29 heavy (non-hydrogen) atoms. The van der Waals surface area contributed by atoms with Gasteiger partial charge < -0.3 is 10.6 Å². The minimum absolute atomic E-state index is 0.0928. The molecule has 150 valence electrons. The molecule has 0 saturated heterocycles. The summed E-state index contributed by atoms with van der Waals surface area (Å²) in [5, 5.41) is 17.6. The van der Waals surface area contributed by atoms with Gasteiger partial charge in [-0.25, -0.2) is 9.97 Å². The third-order valence-corrected chi connectivity index (χ3v) is 4.41. The molecule has 0 amide bonds. The van der Waals surface area contributed by atoms with Crippen LogP contribution in [0.15, 0.2) is 48.8 Å². The van der Waals surface area contributed by atoms with E-state index in [2.05, 4.69) is 20.6 Å². The average molecular weight is 424 g/mol. The lowest BCUT2D eigenvalue weighted by atomic mass is 10.2. The third kappa shape index (κ3) is 4.54. The molecule has 3 aromatic rings. The van der Waals surface area contributed by atoms with E-state index in [4.69, 9.17) is 11.6 Å². The van der Waals surface area contributed by atoms with Crippen LogP contribution in [0.2, 0.25) is 5.02 Å². The first-order chi connectivity index (χ1) is 13.7. The van der Waals surface area contributed by atoms with E-state index in [1.54, 1.807) is 25.1 Å². The highest BCUT2D eigenvalue weighted by atomic mass is 35.5. The average Bonchev–Trinajstić information content (AvgIpc) is 2.65. The lowest BCUT2D eigenvalue weighted by molar-refractivity contribution is -0.383. The number of nitrogens with one attached hydrogen (secondary N) is 2. The smallest absolute Gasteiger partial charge is 0.334 e. The number of nitrogens with zero attached hydrogens (tertiary/aromatic N) is 3. The van der Waals surface area contributed by atoms with Gasteiger partial charge in [0, 0.05) is 16.4 Å². The van der Waals surface area contributed by atoms with Crippen molar-refractivity contribution in [2.75, 3.05) is 10.6 Å². The third-order valence-electron chi connectivity index (χ3n) is 4.00. The Morgan fingerprint density at radius 1 is 1.03 bits per heavy atom. The summed E-state index contributed by atoms with van der Waals surface area (Å²) in [5.41, 5.74) is 0.0783. The largest absolute Gasteiger partial charge is 0.416 e. The molecule has 0 aliphatic heterocycles. The molecule has 0 aliphatic rings. The van der Waals surface area contributed by atoms with E-state index in [1.807, 2.05) is 0 Å². The van der Waals surface area contributed by atoms with Crippen LogP contribution < -0.4 is 10.6 Å². The molecule has 2 N–H and O–H groups in total. The van der Waals surface area contributed by atoms with Crippen molar-refractivity contribution in [1.82, 2.24) is 9.97 Å². The molecule has 1 heterocycles. The number of anilines is 4. The number of hydrogen-bond donors (Lipinski definition) is 2. The SMILES string of the molecule is Cc1c(Cl)cccc1Nc1ncnc(Nc2ccc(C(F)(F)F)cc2)c1[N+](=O)[O-]. The molecule has 0 radical (unpaired) electrons. The monoisotopic (exact) mass is 423 g/mol. The van der Waals surface area contributed by atoms with Crippen molar-refractivity contribution in [3.63, 3.8) is 0 Å². The maximum absolute atomic E-state index is 12.7. The Morgan fingerprint density at radius 2 is 1.66 bits per heavy atom. The van der Waals surface area contributed by atoms with E-state index >= 15 is 0 Å². The van der Waals surface area contributed by atoms with E-state index in [0.717, 1.165) is 30.6 Å². The van der Waals surface area contributed by atoms with Gasteiger partial charge in [-0.3, -0.25) is 10.1 Å². The Bertz CT molecular complexity index is 1060. The van der Waals surface area contributed by atoms with Gasteiger partial charge in [0.05, 0.1) is 10.5 Å². The van der Waals surface area contributed by atoms with Gasteiger partial charge in [0.1, 0.15) is 6.33 Å². The number of rotatable bonds is 5. The maximum Gasteiger partial charge on any atom is 0.416 e. The normalized spacial score (nSPS) is 11.2. The summed E-state index contributed by atoms with van der Waals surface area (Å²) in [5.74, 6) is -0.267. The van der Waals surface area contributed by atoms with E-state index in [-0.39, 0.29) is 17.3 Å². The summed E-state index contributed by atoms with van der Waals surface area (Å²) >= 11 is 6.07. The van der Waals surface area contributed by atoms with E-state index in [1.165, 1.54) is 0 Å². The van der Waals surface area contributed by atoms with Gasteiger partial charge in [0.25, 0.3) is 0 Å². The predicted octanol–water partition coefficient (Wildman–Crippen LogP) is 5.85. The second-order valence-corrected chi connectivity index (χ2v) is 6.32. The van der Waals surface area contributed by atoms with Gasteiger partial charge >= 0.3 is 11.9 Å². The molecule has 0 fully saturated rings. The van der Waals surface area contributed by atoms with Crippen molar-refractivity contribution in [2.45, 2.75) is 13.1 Å². The van der Waals surface area contributed by atoms with Gasteiger partial charge in [0.15, 0.2) is 0 Å². The Hall–Kier alpha value is -3.40. The molecule has 7 nitrogen and oxygen atoms in total. The second-order valence-electron chi connectivity index (χ2n) is 5.91. The Balaban J connectivity index is 1.95. The quantitative estimate of drug-likeness (QED) is 0.395. The fourth-order valence-corrected chi connectivity index (χ4v) is 2.66. The van der Waals surface area contributed by atoms with Gasteiger partial charge in [-0.1, -0.05) is 17.7 Å². The molecule has 0 spiro atoms. The van der Waals surface area contributed by atoms with Crippen LogP contribution in [0.25, 0.3) is 0 Å². The summed E-state index contributed by atoms with van der Waals surface area (Å²) in [6.07, 6.45) is -3.38. The van der Waals surface area contributed by atoms with E-state index in [9.17, 15) is 23.3 Å². The number of hydrogen-bond acceptors (Lipinski definition) is 6. The van der Waals surface area contributed by atoms with Crippen molar-refractivity contribution < 1.29 is 18.1 Å². The summed E-state index contributed by atoms with van der Waals surface area (Å²) in [6, 6.07) is 9.07. The van der Waals surface area contributed by atoms with Crippen LogP contribution >= 0.6 is 11.6 Å². The molecule has 11 heteroatoms. The zero-order valence-corrected chi connectivity index (χ0v) is 15.5. The highest BCUT2D eigenvalue weighted by Crippen LogP contribution is 2.35. The summed E-state index contributed by atoms with van der Waals surface area (Å²) in [7, 11) is 0. The molecule has 0 unspecified atom stereocenters. The standard InChI is InChI=1S/C18H13ClF3N5O2/c1-10-13(19)3-2-4-14(10)26-17-15(27(28)29)16(23-9-24-17)25-12-7-5-11(6-8-12)18(20,21)22/h2-9H,1H3,(H2,23,24,25,26). The van der Waals surface area contributed by atoms with Crippen molar-refractivity contribution in [1.29, 1.82) is 0 Å². The molecule has 2 aromatic carbocycles. The molecule has 0 aliphatic carbocycles. The Morgan fingerprint density at radius 3 is 2.24 bits per heavy atom. The van der Waals surface area contributed by atoms with Crippen LogP contribution in [0.4, 0.5) is 41.9 Å². The molecule has 0 atom stereocenters. The lowest BCUT2D eigenvalue weighted by Gasteiger charge is -2.12. The van der Waals surface area contributed by atoms with Crippen LogP contribution in [0.1, 0.15) is 11.1 Å². The van der Waals surface area contributed by atoms with Crippen LogP contribution in [0, 0.1) is 17.0 Å². The second kappa shape index (κ2) is 7.92. The van der Waals surface area contributed by atoms with Crippen LogP contribution in [0.5, 0.6) is 0 Å². The summed E-state index contributed by atoms with van der Waals surface area (Å²) in [4.78, 5) is 18.7. The van der Waals surface area contributed by atoms with Gasteiger partial charge in [0.2, 0.25) is 11.6 Å². The minimum Gasteiger partial charge on any atom is -0.334 e. The first-order valence-corrected chi connectivity index (χ1v) is 8.50. The topological polar surface area (TPSA) is 93.0 Å². The lowest BCUT2D eigenvalue weighted by Crippen LogP contribution is -2.07. The van der Waals surface area contributed by atoms with Crippen LogP contribution in [0.3, 0.4) is 0 Å². The van der Waals surface area contributed by atoms with Crippen molar-refractivity contribution in [3.8, 4) is 0 Å². The van der Waals surface area contributed by atoms with Crippen molar-refractivity contribution >= 4 is 40.3 Å². The van der Waals surface area contributed by atoms with Crippen molar-refractivity contribution in [3.05, 3.63) is 75.1 Å². The Kier molecular flexibility index (Phi) is 5.55. The van der Waals surface area contributed by atoms with Crippen LogP contribution in [-0.4, -0.2) is 14.9 Å². The zero-order valence-electron chi connectivity index (χ0n) is 14.8. The van der Waals surface area contributed by atoms with E-state index < -0.39 is 22.4 Å². The first-order valence-electron chi connectivity index (χ1n) is 8.12. The highest BCUT2D eigenvalue weighted by Gasteiger charge is 2.30. The number of aromatic nitrogens is 2. The number of nitro groups is 1. The first kappa shape index (κ1) is 20.3. The van der Waals surface area contributed by atoms with Gasteiger partial charge in [-0.2, -0.15) is 13.2 Å². The maximum atomic E-state index is 12.7. The minimum atomic E-state index is -4.48. The predicted molar refractivity (Wildman–Crippen MR) is 103 cm³/mol. The summed E-state index contributed by atoms with van der Waals surface area (Å²) in [6.45, 7) is 1.74. The molecule has 3 rings (SSSR count). The molecule has 1 aromatic heterocycles. The fraction of sp³-hybridized carbons (Fsp3) is 0.111. The van der Waals surface area contributed by atoms with E-state index in [0.29, 0.717) is 16.3 Å². The number of alkyl halides is 3. The molecular weight excluding hydrogens is 411 g/mol. The zero-order chi connectivity index (χ0) is 21.2.